The Kier molecular flexibility index (Phi) is 8.93. The van der Waals surface area contributed by atoms with Crippen LogP contribution < -0.4 is 10.0 Å². The van der Waals surface area contributed by atoms with E-state index in [1.54, 1.807) is 18.2 Å². The van der Waals surface area contributed by atoms with Crippen molar-refractivity contribution >= 4 is 25.8 Å². The van der Waals surface area contributed by atoms with Crippen molar-refractivity contribution in [3.8, 4) is 0 Å². The topological polar surface area (TPSA) is 109 Å². The number of alkyl halides is 3. The van der Waals surface area contributed by atoms with Crippen molar-refractivity contribution in [2.45, 2.75) is 48.1 Å². The van der Waals surface area contributed by atoms with E-state index in [9.17, 15) is 34.8 Å². The van der Waals surface area contributed by atoms with Crippen LogP contribution >= 0.6 is 0 Å². The van der Waals surface area contributed by atoms with Gasteiger partial charge in [0, 0.05) is 18.7 Å². The Morgan fingerprint density at radius 2 is 1.41 bits per heavy atom. The summed E-state index contributed by atoms with van der Waals surface area (Å²) in [5.74, 6) is -0.483. The van der Waals surface area contributed by atoms with Crippen LogP contribution in [0, 0.1) is 5.41 Å². The smallest absolute Gasteiger partial charge is 0.351 e. The van der Waals surface area contributed by atoms with Gasteiger partial charge in [0.05, 0.1) is 20.2 Å². The van der Waals surface area contributed by atoms with Gasteiger partial charge in [-0.05, 0) is 59.9 Å². The lowest BCUT2D eigenvalue weighted by Crippen LogP contribution is -2.35. The van der Waals surface area contributed by atoms with Gasteiger partial charge in [-0.3, -0.25) is 4.79 Å². The Hall–Kier alpha value is -3.22. The van der Waals surface area contributed by atoms with Gasteiger partial charge < -0.3 is 5.32 Å². The van der Waals surface area contributed by atoms with Gasteiger partial charge in [0.15, 0.2) is 0 Å². The van der Waals surface area contributed by atoms with E-state index in [1.807, 2.05) is 16.9 Å². The molecule has 0 unspecified atom stereocenters. The largest absolute Gasteiger partial charge is 0.417 e. The molecule has 3 rings (SSSR count). The van der Waals surface area contributed by atoms with E-state index in [2.05, 4.69) is 26.1 Å². The predicted octanol–water partition coefficient (Wildman–Crippen LogP) is 4.84. The molecule has 0 saturated heterocycles. The van der Waals surface area contributed by atoms with Gasteiger partial charge in [0.2, 0.25) is 19.9 Å². The molecule has 0 fully saturated rings. The number of benzene rings is 3. The summed E-state index contributed by atoms with van der Waals surface area (Å²) in [6, 6.07) is 15.5. The summed E-state index contributed by atoms with van der Waals surface area (Å²) in [5, 5.41) is 2.51. The van der Waals surface area contributed by atoms with Gasteiger partial charge in [0.25, 0.3) is 5.91 Å². The Bertz CT molecular complexity index is 1530. The zero-order chi connectivity index (χ0) is 29.1. The number of nitrogens with one attached hydrogen (secondary N) is 2. The molecule has 0 aliphatic heterocycles. The summed E-state index contributed by atoms with van der Waals surface area (Å²) < 4.78 is 94.4. The molecule has 210 valence electrons. The van der Waals surface area contributed by atoms with Crippen molar-refractivity contribution in [3.05, 3.63) is 89.5 Å². The zero-order valence-electron chi connectivity index (χ0n) is 21.5. The van der Waals surface area contributed by atoms with E-state index >= 15 is 0 Å². The molecule has 2 N–H and O–H groups in total. The molecule has 0 aliphatic rings. The van der Waals surface area contributed by atoms with Gasteiger partial charge in [-0.2, -0.15) is 13.2 Å². The van der Waals surface area contributed by atoms with Crippen LogP contribution in [-0.4, -0.2) is 35.8 Å². The molecular formula is C27H29F3N2O5S2. The van der Waals surface area contributed by atoms with Crippen LogP contribution in [0.15, 0.2) is 87.5 Å². The van der Waals surface area contributed by atoms with Gasteiger partial charge in [-0.25, -0.2) is 21.6 Å². The van der Waals surface area contributed by atoms with Crippen molar-refractivity contribution < 1.29 is 34.8 Å². The number of rotatable bonds is 9. The number of carbonyl (C=O) groups excluding carboxylic acids is 1. The van der Waals surface area contributed by atoms with Crippen LogP contribution in [0.4, 0.5) is 13.2 Å². The fourth-order valence-electron chi connectivity index (χ4n) is 3.79. The van der Waals surface area contributed by atoms with E-state index in [1.165, 1.54) is 24.3 Å². The maximum Gasteiger partial charge on any atom is 0.417 e. The Labute approximate surface area is 226 Å². The van der Waals surface area contributed by atoms with Crippen molar-refractivity contribution in [1.29, 1.82) is 0 Å². The monoisotopic (exact) mass is 582 g/mol. The van der Waals surface area contributed by atoms with E-state index in [0.717, 1.165) is 18.1 Å². The maximum absolute atomic E-state index is 13.6. The summed E-state index contributed by atoms with van der Waals surface area (Å²) in [6.45, 7) is 5.62. The summed E-state index contributed by atoms with van der Waals surface area (Å²) >= 11 is 0. The molecule has 7 nitrogen and oxygen atoms in total. The summed E-state index contributed by atoms with van der Waals surface area (Å²) in [7, 11) is -9.09. The molecule has 0 saturated carbocycles. The fraction of sp³-hybridized carbons (Fsp3) is 0.296. The van der Waals surface area contributed by atoms with Crippen LogP contribution in [0.3, 0.4) is 0 Å². The first-order valence-corrected chi connectivity index (χ1v) is 14.9. The third kappa shape index (κ3) is 7.90. The van der Waals surface area contributed by atoms with Crippen molar-refractivity contribution in [2.75, 3.05) is 13.1 Å². The van der Waals surface area contributed by atoms with Gasteiger partial charge >= 0.3 is 6.18 Å². The molecule has 0 aromatic heterocycles. The first kappa shape index (κ1) is 30.3. The highest BCUT2D eigenvalue weighted by molar-refractivity contribution is 7.91. The number of carbonyl (C=O) groups is 1. The Morgan fingerprint density at radius 3 is 1.97 bits per heavy atom. The molecule has 0 aliphatic carbocycles. The number of hydrogen-bond acceptors (Lipinski definition) is 5. The second-order valence-corrected chi connectivity index (χ2v) is 13.7. The second kappa shape index (κ2) is 11.5. The molecule has 0 spiro atoms. The summed E-state index contributed by atoms with van der Waals surface area (Å²) in [5.41, 5.74) is -0.0584. The lowest BCUT2D eigenvalue weighted by molar-refractivity contribution is -0.139. The molecule has 0 atom stereocenters. The minimum Gasteiger partial charge on any atom is -0.351 e. The van der Waals surface area contributed by atoms with Crippen molar-refractivity contribution in [2.24, 2.45) is 5.41 Å². The quantitative estimate of drug-likeness (QED) is 0.351. The van der Waals surface area contributed by atoms with E-state index in [4.69, 9.17) is 0 Å². The van der Waals surface area contributed by atoms with Gasteiger partial charge in [0.1, 0.15) is 0 Å². The highest BCUT2D eigenvalue weighted by Crippen LogP contribution is 2.36. The molecule has 1 amide bonds. The highest BCUT2D eigenvalue weighted by atomic mass is 32.2. The number of sulfone groups is 1. The van der Waals surface area contributed by atoms with Gasteiger partial charge in [-0.1, -0.05) is 51.1 Å². The molecule has 3 aromatic rings. The number of sulfonamides is 1. The molecule has 12 heteroatoms. The van der Waals surface area contributed by atoms with E-state index < -0.39 is 53.8 Å². The number of amides is 1. The second-order valence-electron chi connectivity index (χ2n) is 10.1. The Morgan fingerprint density at radius 1 is 0.795 bits per heavy atom. The fourth-order valence-corrected chi connectivity index (χ4v) is 6.45. The lowest BCUT2D eigenvalue weighted by atomic mass is 9.88. The maximum atomic E-state index is 13.6. The minimum atomic E-state index is -5.06. The standard InChI is InChI=1S/C27H29F3N2O5S2/c1-26(2,3)18-19-9-11-20(12-10-19)25(33)31-15-16-32-39(36,37)24-17-22(13-14-23(24)27(28,29)30)38(34,35)21-7-5-4-6-8-21/h4-14,17,32H,15-16,18H2,1-3H3,(H,31,33). The number of halogens is 3. The molecule has 0 bridgehead atoms. The lowest BCUT2D eigenvalue weighted by Gasteiger charge is -2.18. The van der Waals surface area contributed by atoms with E-state index in [0.29, 0.717) is 17.7 Å². The Balaban J connectivity index is 1.74. The first-order valence-electron chi connectivity index (χ1n) is 11.9. The highest BCUT2D eigenvalue weighted by Gasteiger charge is 2.38. The third-order valence-corrected chi connectivity index (χ3v) is 8.83. The van der Waals surface area contributed by atoms with Crippen LogP contribution in [0.1, 0.15) is 42.3 Å². The van der Waals surface area contributed by atoms with Crippen LogP contribution in [0.2, 0.25) is 0 Å². The van der Waals surface area contributed by atoms with Gasteiger partial charge in [-0.15, -0.1) is 0 Å². The van der Waals surface area contributed by atoms with Crippen molar-refractivity contribution in [3.63, 3.8) is 0 Å². The molecule has 3 aromatic carbocycles. The van der Waals surface area contributed by atoms with Crippen LogP contribution in [-0.2, 0) is 32.5 Å². The summed E-state index contributed by atoms with van der Waals surface area (Å²) in [6.07, 6.45) is -4.25. The average Bonchev–Trinajstić information content (AvgIpc) is 2.85. The summed E-state index contributed by atoms with van der Waals surface area (Å²) in [4.78, 5) is 10.4. The molecule has 0 radical (unpaired) electrons. The van der Waals surface area contributed by atoms with Crippen LogP contribution in [0.5, 0.6) is 0 Å². The minimum absolute atomic E-state index is 0.0676. The molecular weight excluding hydrogens is 553 g/mol. The zero-order valence-corrected chi connectivity index (χ0v) is 23.2. The third-order valence-electron chi connectivity index (χ3n) is 5.57. The average molecular weight is 583 g/mol. The molecule has 39 heavy (non-hydrogen) atoms. The normalized spacial score (nSPS) is 12.8. The SMILES string of the molecule is CC(C)(C)Cc1ccc(C(=O)NCCNS(=O)(=O)c2cc(S(=O)(=O)c3ccccc3)ccc2C(F)(F)F)cc1. The van der Waals surface area contributed by atoms with E-state index in [-0.39, 0.29) is 16.9 Å². The predicted molar refractivity (Wildman–Crippen MR) is 140 cm³/mol. The first-order chi connectivity index (χ1) is 18.0. The molecule has 0 heterocycles. The van der Waals surface area contributed by atoms with Crippen molar-refractivity contribution in [1.82, 2.24) is 10.0 Å². The number of hydrogen-bond donors (Lipinski definition) is 2. The van der Waals surface area contributed by atoms with Crippen LogP contribution in [0.25, 0.3) is 0 Å².